The highest BCUT2D eigenvalue weighted by Crippen LogP contribution is 2.36. The summed E-state index contributed by atoms with van der Waals surface area (Å²) in [5.41, 5.74) is 1.55. The van der Waals surface area contributed by atoms with Crippen molar-refractivity contribution in [3.05, 3.63) is 63.6 Å². The molecule has 156 valence electrons. The Morgan fingerprint density at radius 3 is 2.30 bits per heavy atom. The molecule has 9 heteroatoms. The molecular weight excluding hydrogens is 472 g/mol. The molecule has 1 heterocycles. The minimum absolute atomic E-state index is 0.0312. The Bertz CT molecular complexity index is 1030. The molecule has 0 aliphatic heterocycles. The Balaban J connectivity index is 1.74. The van der Waals surface area contributed by atoms with Crippen LogP contribution < -0.4 is 14.4 Å². The molecule has 7 nitrogen and oxygen atoms in total. The molecule has 0 atom stereocenters. The molecule has 0 saturated carbocycles. The lowest BCUT2D eigenvalue weighted by molar-refractivity contribution is -0.115. The van der Waals surface area contributed by atoms with Crippen LogP contribution in [0, 0.1) is 0 Å². The van der Waals surface area contributed by atoms with Crippen molar-refractivity contribution in [1.82, 2.24) is 4.98 Å². The molecule has 3 rings (SSSR count). The van der Waals surface area contributed by atoms with Crippen molar-refractivity contribution in [2.75, 3.05) is 19.1 Å². The summed E-state index contributed by atoms with van der Waals surface area (Å²) in [5.74, 6) is 0.211. The Morgan fingerprint density at radius 2 is 1.73 bits per heavy atom. The maximum Gasteiger partial charge on any atom is 0.338 e. The smallest absolute Gasteiger partial charge is 0.338 e. The molecule has 0 spiro atoms. The van der Waals surface area contributed by atoms with E-state index in [9.17, 15) is 9.59 Å². The average molecular weight is 491 g/mol. The second-order valence-corrected chi connectivity index (χ2v) is 7.71. The summed E-state index contributed by atoms with van der Waals surface area (Å²) in [6.07, 6.45) is 0. The summed E-state index contributed by atoms with van der Waals surface area (Å²) < 4.78 is 16.5. The first kappa shape index (κ1) is 21.8. The van der Waals surface area contributed by atoms with Gasteiger partial charge in [-0.2, -0.15) is 0 Å². The molecule has 0 aliphatic rings. The molecule has 1 amide bonds. The molecular formula is C21H19BrN2O5S. The van der Waals surface area contributed by atoms with Crippen molar-refractivity contribution in [3.63, 3.8) is 0 Å². The summed E-state index contributed by atoms with van der Waals surface area (Å²) in [7, 11) is 3.00. The van der Waals surface area contributed by atoms with Crippen molar-refractivity contribution in [2.45, 2.75) is 13.5 Å². The monoisotopic (exact) mass is 490 g/mol. The number of benzene rings is 2. The van der Waals surface area contributed by atoms with Crippen LogP contribution in [-0.2, 0) is 16.1 Å². The Labute approximate surface area is 186 Å². The van der Waals surface area contributed by atoms with Gasteiger partial charge in [-0.05, 0) is 40.2 Å². The van der Waals surface area contributed by atoms with Gasteiger partial charge >= 0.3 is 5.97 Å². The summed E-state index contributed by atoms with van der Waals surface area (Å²) in [6.45, 7) is 1.44. The highest BCUT2D eigenvalue weighted by atomic mass is 79.9. The zero-order valence-electron chi connectivity index (χ0n) is 16.5. The average Bonchev–Trinajstić information content (AvgIpc) is 3.21. The SMILES string of the molecule is COc1cc(C(=O)OCc2csc(N(C(C)=O)c3ccccc3)n2)cc(OC)c1Br. The number of ether oxygens (including phenoxy) is 3. The molecule has 3 aromatic rings. The zero-order valence-corrected chi connectivity index (χ0v) is 19.0. The number of esters is 1. The van der Waals surface area contributed by atoms with Crippen LogP contribution in [0.15, 0.2) is 52.3 Å². The van der Waals surface area contributed by atoms with Crippen LogP contribution in [0.4, 0.5) is 10.8 Å². The van der Waals surface area contributed by atoms with Crippen LogP contribution in [0.2, 0.25) is 0 Å². The minimum atomic E-state index is -0.542. The first-order valence-electron chi connectivity index (χ1n) is 8.83. The summed E-state index contributed by atoms with van der Waals surface area (Å²) in [5, 5.41) is 2.26. The second-order valence-electron chi connectivity index (χ2n) is 6.08. The van der Waals surface area contributed by atoms with Crippen LogP contribution in [-0.4, -0.2) is 31.1 Å². The summed E-state index contributed by atoms with van der Waals surface area (Å²) in [4.78, 5) is 30.6. The number of amides is 1. The number of carbonyl (C=O) groups excluding carboxylic acids is 2. The maximum atomic E-state index is 12.5. The van der Waals surface area contributed by atoms with Crippen molar-refractivity contribution in [1.29, 1.82) is 0 Å². The van der Waals surface area contributed by atoms with E-state index >= 15 is 0 Å². The van der Waals surface area contributed by atoms with Gasteiger partial charge in [0.1, 0.15) is 22.6 Å². The van der Waals surface area contributed by atoms with E-state index < -0.39 is 5.97 Å². The molecule has 30 heavy (non-hydrogen) atoms. The number of anilines is 2. The number of rotatable bonds is 7. The van der Waals surface area contributed by atoms with Crippen molar-refractivity contribution in [3.8, 4) is 11.5 Å². The molecule has 1 aromatic heterocycles. The highest BCUT2D eigenvalue weighted by molar-refractivity contribution is 9.10. The number of hydrogen-bond acceptors (Lipinski definition) is 7. The van der Waals surface area contributed by atoms with E-state index in [2.05, 4.69) is 20.9 Å². The standard InChI is InChI=1S/C21H19BrN2O5S/c1-13(25)24(16-7-5-4-6-8-16)21-23-15(12-30-21)11-29-20(26)14-9-17(27-2)19(22)18(10-14)28-3/h4-10,12H,11H2,1-3H3. The molecule has 2 aromatic carbocycles. The van der Waals surface area contributed by atoms with E-state index in [0.717, 1.165) is 5.69 Å². The van der Waals surface area contributed by atoms with Gasteiger partial charge in [0.05, 0.1) is 31.2 Å². The maximum absolute atomic E-state index is 12.5. The lowest BCUT2D eigenvalue weighted by Gasteiger charge is -2.17. The molecule has 0 fully saturated rings. The van der Waals surface area contributed by atoms with Gasteiger partial charge in [0, 0.05) is 12.3 Å². The third-order valence-corrected chi connectivity index (χ3v) is 5.75. The molecule has 0 aliphatic carbocycles. The van der Waals surface area contributed by atoms with Gasteiger partial charge in [-0.3, -0.25) is 9.69 Å². The van der Waals surface area contributed by atoms with Gasteiger partial charge in [0.15, 0.2) is 5.13 Å². The van der Waals surface area contributed by atoms with Gasteiger partial charge in [-0.25, -0.2) is 9.78 Å². The number of para-hydroxylation sites is 1. The predicted octanol–water partition coefficient (Wildman–Crippen LogP) is 4.96. The van der Waals surface area contributed by atoms with Crippen LogP contribution in [0.25, 0.3) is 0 Å². The molecule has 0 unspecified atom stereocenters. The number of methoxy groups -OCH3 is 2. The topological polar surface area (TPSA) is 78.0 Å². The fraction of sp³-hybridized carbons (Fsp3) is 0.190. The van der Waals surface area contributed by atoms with E-state index in [1.54, 1.807) is 17.5 Å². The second kappa shape index (κ2) is 9.73. The minimum Gasteiger partial charge on any atom is -0.495 e. The van der Waals surface area contributed by atoms with Gasteiger partial charge in [0.25, 0.3) is 0 Å². The van der Waals surface area contributed by atoms with E-state index in [0.29, 0.717) is 26.8 Å². The third kappa shape index (κ3) is 4.80. The van der Waals surface area contributed by atoms with Crippen molar-refractivity contribution >= 4 is 50.0 Å². The third-order valence-electron chi connectivity index (χ3n) is 4.09. The van der Waals surface area contributed by atoms with Crippen molar-refractivity contribution < 1.29 is 23.8 Å². The number of carbonyl (C=O) groups is 2. The normalized spacial score (nSPS) is 10.4. The molecule has 0 N–H and O–H groups in total. The number of nitrogens with zero attached hydrogens (tertiary/aromatic N) is 2. The quantitative estimate of drug-likeness (QED) is 0.435. The first-order chi connectivity index (χ1) is 14.4. The van der Waals surface area contributed by atoms with Crippen LogP contribution >= 0.6 is 27.3 Å². The number of thiazole rings is 1. The fourth-order valence-corrected chi connectivity index (χ4v) is 4.10. The lowest BCUT2D eigenvalue weighted by Crippen LogP contribution is -2.22. The highest BCUT2D eigenvalue weighted by Gasteiger charge is 2.19. The molecule has 0 radical (unpaired) electrons. The van der Waals surface area contributed by atoms with Crippen LogP contribution in [0.3, 0.4) is 0 Å². The summed E-state index contributed by atoms with van der Waals surface area (Å²) >= 11 is 4.66. The largest absolute Gasteiger partial charge is 0.495 e. The number of halogens is 1. The lowest BCUT2D eigenvalue weighted by atomic mass is 10.2. The number of hydrogen-bond donors (Lipinski definition) is 0. The van der Waals surface area contributed by atoms with Crippen LogP contribution in [0.1, 0.15) is 23.0 Å². The Hall–Kier alpha value is -2.91. The van der Waals surface area contributed by atoms with E-state index in [1.165, 1.54) is 37.4 Å². The first-order valence-corrected chi connectivity index (χ1v) is 10.5. The molecule has 0 saturated heterocycles. The summed E-state index contributed by atoms with van der Waals surface area (Å²) in [6, 6.07) is 12.4. The van der Waals surface area contributed by atoms with E-state index in [4.69, 9.17) is 14.2 Å². The van der Waals surface area contributed by atoms with Gasteiger partial charge < -0.3 is 14.2 Å². The predicted molar refractivity (Wildman–Crippen MR) is 118 cm³/mol. The zero-order chi connectivity index (χ0) is 21.7. The van der Waals surface area contributed by atoms with Crippen LogP contribution in [0.5, 0.6) is 11.5 Å². The van der Waals surface area contributed by atoms with Gasteiger partial charge in [0.2, 0.25) is 5.91 Å². The van der Waals surface area contributed by atoms with Gasteiger partial charge in [-0.1, -0.05) is 18.2 Å². The number of aromatic nitrogens is 1. The Morgan fingerprint density at radius 1 is 1.10 bits per heavy atom. The van der Waals surface area contributed by atoms with Crippen molar-refractivity contribution in [2.24, 2.45) is 0 Å². The van der Waals surface area contributed by atoms with Gasteiger partial charge in [-0.15, -0.1) is 11.3 Å². The van der Waals surface area contributed by atoms with E-state index in [-0.39, 0.29) is 18.1 Å². The van der Waals surface area contributed by atoms with E-state index in [1.807, 2.05) is 30.3 Å². The fourth-order valence-electron chi connectivity index (χ4n) is 2.68. The molecule has 0 bridgehead atoms. The Kier molecular flexibility index (Phi) is 7.07.